The topological polar surface area (TPSA) is 42.2 Å². The Hall–Kier alpha value is -2.47. The van der Waals surface area contributed by atoms with E-state index in [1.54, 1.807) is 7.11 Å². The highest BCUT2D eigenvalue weighted by Gasteiger charge is 2.07. The third-order valence-corrected chi connectivity index (χ3v) is 3.13. The van der Waals surface area contributed by atoms with Crippen LogP contribution < -0.4 is 9.47 Å². The van der Waals surface area contributed by atoms with Gasteiger partial charge in [0.15, 0.2) is 0 Å². The molecule has 3 heteroatoms. The Bertz CT molecular complexity index is 616. The normalized spacial score (nSPS) is 9.90. The van der Waals surface area contributed by atoms with E-state index in [0.29, 0.717) is 12.2 Å². The van der Waals surface area contributed by atoms with E-state index in [2.05, 4.69) is 6.07 Å². The van der Waals surface area contributed by atoms with Gasteiger partial charge in [0.2, 0.25) is 0 Å². The van der Waals surface area contributed by atoms with Crippen molar-refractivity contribution in [2.24, 2.45) is 0 Å². The molecule has 0 saturated carbocycles. The second kappa shape index (κ2) is 6.12. The quantitative estimate of drug-likeness (QED) is 0.847. The molecule has 0 aliphatic heterocycles. The first-order valence-corrected chi connectivity index (χ1v) is 6.41. The van der Waals surface area contributed by atoms with Crippen molar-refractivity contribution >= 4 is 0 Å². The zero-order chi connectivity index (χ0) is 14.5. The van der Waals surface area contributed by atoms with Crippen molar-refractivity contribution in [2.45, 2.75) is 20.5 Å². The Morgan fingerprint density at radius 3 is 2.15 bits per heavy atom. The molecule has 0 heterocycles. The molecular weight excluding hydrogens is 250 g/mol. The third-order valence-electron chi connectivity index (χ3n) is 3.13. The van der Waals surface area contributed by atoms with Crippen molar-refractivity contribution in [3.05, 3.63) is 58.7 Å². The molecule has 0 unspecified atom stereocenters. The fourth-order valence-electron chi connectivity index (χ4n) is 2.12. The van der Waals surface area contributed by atoms with E-state index < -0.39 is 0 Å². The first-order chi connectivity index (χ1) is 9.63. The van der Waals surface area contributed by atoms with Crippen molar-refractivity contribution in [1.82, 2.24) is 0 Å². The Kier molecular flexibility index (Phi) is 4.27. The van der Waals surface area contributed by atoms with Crippen LogP contribution in [-0.4, -0.2) is 7.11 Å². The van der Waals surface area contributed by atoms with Gasteiger partial charge in [0, 0.05) is 0 Å². The van der Waals surface area contributed by atoms with Gasteiger partial charge < -0.3 is 9.47 Å². The highest BCUT2D eigenvalue weighted by molar-refractivity contribution is 5.47. The van der Waals surface area contributed by atoms with Gasteiger partial charge in [0.05, 0.1) is 18.7 Å². The molecule has 0 amide bonds. The number of hydrogen-bond donors (Lipinski definition) is 0. The van der Waals surface area contributed by atoms with Crippen LogP contribution >= 0.6 is 0 Å². The molecule has 0 radical (unpaired) electrons. The molecule has 0 aliphatic rings. The smallest absolute Gasteiger partial charge is 0.125 e. The molecular formula is C17H17NO2. The van der Waals surface area contributed by atoms with Crippen LogP contribution in [0.1, 0.15) is 22.3 Å². The second-order valence-electron chi connectivity index (χ2n) is 4.69. The summed E-state index contributed by atoms with van der Waals surface area (Å²) in [5.41, 5.74) is 3.70. The van der Waals surface area contributed by atoms with E-state index >= 15 is 0 Å². The molecule has 3 nitrogen and oxygen atoms in total. The molecule has 102 valence electrons. The van der Waals surface area contributed by atoms with Crippen molar-refractivity contribution in [3.8, 4) is 17.6 Å². The van der Waals surface area contributed by atoms with E-state index in [9.17, 15) is 0 Å². The highest BCUT2D eigenvalue weighted by atomic mass is 16.5. The molecule has 20 heavy (non-hydrogen) atoms. The van der Waals surface area contributed by atoms with Gasteiger partial charge in [-0.3, -0.25) is 0 Å². The van der Waals surface area contributed by atoms with Crippen LogP contribution in [0.15, 0.2) is 36.4 Å². The van der Waals surface area contributed by atoms with Crippen molar-refractivity contribution in [1.29, 1.82) is 5.26 Å². The summed E-state index contributed by atoms with van der Waals surface area (Å²) in [5.74, 6) is 1.68. The Morgan fingerprint density at radius 1 is 1.05 bits per heavy atom. The van der Waals surface area contributed by atoms with E-state index in [0.717, 1.165) is 28.2 Å². The van der Waals surface area contributed by atoms with Crippen molar-refractivity contribution in [2.75, 3.05) is 7.11 Å². The maximum absolute atomic E-state index is 8.93. The Balaban J connectivity index is 2.12. The van der Waals surface area contributed by atoms with Gasteiger partial charge in [-0.25, -0.2) is 0 Å². The van der Waals surface area contributed by atoms with E-state index in [-0.39, 0.29) is 0 Å². The van der Waals surface area contributed by atoms with E-state index in [1.807, 2.05) is 50.2 Å². The van der Waals surface area contributed by atoms with Gasteiger partial charge in [-0.15, -0.1) is 0 Å². The average molecular weight is 267 g/mol. The van der Waals surface area contributed by atoms with Gasteiger partial charge in [-0.1, -0.05) is 12.1 Å². The molecule has 0 aliphatic carbocycles. The van der Waals surface area contributed by atoms with Crippen LogP contribution in [0.5, 0.6) is 11.5 Å². The molecule has 0 N–H and O–H groups in total. The molecule has 2 aromatic rings. The maximum Gasteiger partial charge on any atom is 0.125 e. The third kappa shape index (κ3) is 3.10. The predicted octanol–water partition coefficient (Wildman–Crippen LogP) is 3.76. The highest BCUT2D eigenvalue weighted by Crippen LogP contribution is 2.25. The first-order valence-electron chi connectivity index (χ1n) is 6.41. The number of nitrogens with zero attached hydrogens (tertiary/aromatic N) is 1. The van der Waals surface area contributed by atoms with Crippen LogP contribution in [0.25, 0.3) is 0 Å². The molecule has 0 saturated heterocycles. The summed E-state index contributed by atoms with van der Waals surface area (Å²) in [6.45, 7) is 4.41. The number of ether oxygens (including phenoxy) is 2. The van der Waals surface area contributed by atoms with Gasteiger partial charge in [-0.2, -0.15) is 5.26 Å². The summed E-state index contributed by atoms with van der Waals surface area (Å²) in [6, 6.07) is 13.6. The van der Waals surface area contributed by atoms with Crippen LogP contribution in [0, 0.1) is 25.2 Å². The van der Waals surface area contributed by atoms with Gasteiger partial charge in [0.25, 0.3) is 0 Å². The zero-order valence-electron chi connectivity index (χ0n) is 11.9. The summed E-state index contributed by atoms with van der Waals surface area (Å²) < 4.78 is 11.0. The van der Waals surface area contributed by atoms with Crippen LogP contribution in [-0.2, 0) is 6.61 Å². The minimum absolute atomic E-state index is 0.498. The largest absolute Gasteiger partial charge is 0.497 e. The molecule has 0 atom stereocenters. The SMILES string of the molecule is COc1ccc(COc2c(C)cc(C#N)cc2C)cc1. The standard InChI is InChI=1S/C17H17NO2/c1-12-8-15(10-18)9-13(2)17(12)20-11-14-4-6-16(19-3)7-5-14/h4-9H,11H2,1-3H3. The summed E-state index contributed by atoms with van der Waals surface area (Å²) in [7, 11) is 1.65. The molecule has 2 aromatic carbocycles. The van der Waals surface area contributed by atoms with Crippen molar-refractivity contribution < 1.29 is 9.47 Å². The van der Waals surface area contributed by atoms with Gasteiger partial charge in [0.1, 0.15) is 18.1 Å². The zero-order valence-corrected chi connectivity index (χ0v) is 11.9. The number of hydrogen-bond acceptors (Lipinski definition) is 3. The lowest BCUT2D eigenvalue weighted by molar-refractivity contribution is 0.301. The Labute approximate surface area is 119 Å². The maximum atomic E-state index is 8.93. The van der Waals surface area contributed by atoms with E-state index in [4.69, 9.17) is 14.7 Å². The fourth-order valence-corrected chi connectivity index (χ4v) is 2.12. The minimum Gasteiger partial charge on any atom is -0.497 e. The fraction of sp³-hybridized carbons (Fsp3) is 0.235. The van der Waals surface area contributed by atoms with Crippen LogP contribution in [0.4, 0.5) is 0 Å². The lowest BCUT2D eigenvalue weighted by atomic mass is 10.1. The number of nitriles is 1. The van der Waals surface area contributed by atoms with Gasteiger partial charge in [-0.05, 0) is 54.8 Å². The predicted molar refractivity (Wildman–Crippen MR) is 78.0 cm³/mol. The molecule has 0 spiro atoms. The van der Waals surface area contributed by atoms with Crippen molar-refractivity contribution in [3.63, 3.8) is 0 Å². The first kappa shape index (κ1) is 14.0. The lowest BCUT2D eigenvalue weighted by Crippen LogP contribution is -1.99. The molecule has 0 bridgehead atoms. The van der Waals surface area contributed by atoms with E-state index in [1.165, 1.54) is 0 Å². The number of benzene rings is 2. The van der Waals surface area contributed by atoms with Crippen LogP contribution in [0.2, 0.25) is 0 Å². The van der Waals surface area contributed by atoms with Crippen LogP contribution in [0.3, 0.4) is 0 Å². The summed E-state index contributed by atoms with van der Waals surface area (Å²) in [4.78, 5) is 0. The second-order valence-corrected chi connectivity index (χ2v) is 4.69. The summed E-state index contributed by atoms with van der Waals surface area (Å²) >= 11 is 0. The lowest BCUT2D eigenvalue weighted by Gasteiger charge is -2.13. The Morgan fingerprint density at radius 2 is 1.65 bits per heavy atom. The molecule has 0 fully saturated rings. The summed E-state index contributed by atoms with van der Waals surface area (Å²) in [6.07, 6.45) is 0. The summed E-state index contributed by atoms with van der Waals surface area (Å²) in [5, 5.41) is 8.93. The average Bonchev–Trinajstić information content (AvgIpc) is 2.46. The number of aryl methyl sites for hydroxylation is 2. The number of rotatable bonds is 4. The monoisotopic (exact) mass is 267 g/mol. The molecule has 2 rings (SSSR count). The van der Waals surface area contributed by atoms with Gasteiger partial charge >= 0.3 is 0 Å². The number of methoxy groups -OCH3 is 1. The minimum atomic E-state index is 0.498. The molecule has 0 aromatic heterocycles.